The fourth-order valence-corrected chi connectivity index (χ4v) is 1.63. The molecule has 1 N–H and O–H groups in total. The molecule has 0 fully saturated rings. The van der Waals surface area contributed by atoms with Crippen molar-refractivity contribution in [1.29, 1.82) is 0 Å². The number of nitrogens with zero attached hydrogens (tertiary/aromatic N) is 3. The molecule has 0 radical (unpaired) electrons. The molecule has 0 aliphatic heterocycles. The second kappa shape index (κ2) is 4.81. The van der Waals surface area contributed by atoms with E-state index in [1.165, 1.54) is 0 Å². The zero-order chi connectivity index (χ0) is 11.4. The van der Waals surface area contributed by atoms with Crippen molar-refractivity contribution in [3.05, 3.63) is 54.4 Å². The maximum Gasteiger partial charge on any atom is 0.139 e. The van der Waals surface area contributed by atoms with Gasteiger partial charge in [0.2, 0.25) is 0 Å². The molecular weight excluding hydrogens is 202 g/mol. The largest absolute Gasteiger partial charge is 0.392 e. The van der Waals surface area contributed by atoms with Gasteiger partial charge in [-0.25, -0.2) is 9.97 Å². The van der Waals surface area contributed by atoms with E-state index in [-0.39, 0.29) is 5.92 Å². The Labute approximate surface area is 94.0 Å². The van der Waals surface area contributed by atoms with Crippen LogP contribution in [-0.2, 0) is 0 Å². The molecule has 2 heterocycles. The van der Waals surface area contributed by atoms with Crippen LogP contribution in [0.15, 0.2) is 42.9 Å². The van der Waals surface area contributed by atoms with Gasteiger partial charge < -0.3 is 5.11 Å². The molecule has 2 atom stereocenters. The standard InChI is InChI=1S/C12H13N3O/c1-9(16)11(10-5-2-3-6-13-10)12-14-7-4-8-15-12/h2-9,11,16H,1H3. The third kappa shape index (κ3) is 2.23. The Morgan fingerprint density at radius 2 is 1.69 bits per heavy atom. The van der Waals surface area contributed by atoms with Crippen LogP contribution in [0, 0.1) is 0 Å². The SMILES string of the molecule is CC(O)C(c1ccccn1)c1ncccn1. The van der Waals surface area contributed by atoms with E-state index in [9.17, 15) is 5.11 Å². The van der Waals surface area contributed by atoms with Crippen LogP contribution in [0.4, 0.5) is 0 Å². The third-order valence-electron chi connectivity index (χ3n) is 2.35. The molecule has 0 aliphatic rings. The monoisotopic (exact) mass is 215 g/mol. The molecule has 2 aromatic rings. The lowest BCUT2D eigenvalue weighted by atomic mass is 9.98. The quantitative estimate of drug-likeness (QED) is 0.840. The maximum atomic E-state index is 9.80. The number of hydrogen-bond donors (Lipinski definition) is 1. The lowest BCUT2D eigenvalue weighted by molar-refractivity contribution is 0.171. The molecule has 0 bridgehead atoms. The summed E-state index contributed by atoms with van der Waals surface area (Å²) in [6.45, 7) is 1.72. The summed E-state index contributed by atoms with van der Waals surface area (Å²) in [4.78, 5) is 12.6. The highest BCUT2D eigenvalue weighted by molar-refractivity contribution is 5.19. The van der Waals surface area contributed by atoms with Gasteiger partial charge in [0.05, 0.1) is 17.7 Å². The van der Waals surface area contributed by atoms with E-state index in [4.69, 9.17) is 0 Å². The Morgan fingerprint density at radius 1 is 1.00 bits per heavy atom. The number of hydrogen-bond acceptors (Lipinski definition) is 4. The molecule has 4 nitrogen and oxygen atoms in total. The van der Waals surface area contributed by atoms with Gasteiger partial charge in [-0.1, -0.05) is 6.07 Å². The molecule has 0 saturated carbocycles. The van der Waals surface area contributed by atoms with E-state index in [2.05, 4.69) is 15.0 Å². The van der Waals surface area contributed by atoms with Crippen LogP contribution >= 0.6 is 0 Å². The van der Waals surface area contributed by atoms with Gasteiger partial charge in [-0.3, -0.25) is 4.98 Å². The van der Waals surface area contributed by atoms with Crippen LogP contribution < -0.4 is 0 Å². The minimum absolute atomic E-state index is 0.276. The van der Waals surface area contributed by atoms with Gasteiger partial charge in [0.1, 0.15) is 5.82 Å². The normalized spacial score (nSPS) is 14.4. The molecule has 2 aromatic heterocycles. The molecule has 0 aliphatic carbocycles. The molecule has 16 heavy (non-hydrogen) atoms. The van der Waals surface area contributed by atoms with E-state index in [0.717, 1.165) is 5.69 Å². The Hall–Kier alpha value is -1.81. The van der Waals surface area contributed by atoms with Crippen molar-refractivity contribution in [2.45, 2.75) is 18.9 Å². The highest BCUT2D eigenvalue weighted by Crippen LogP contribution is 2.22. The summed E-state index contributed by atoms with van der Waals surface area (Å²) in [5.41, 5.74) is 0.781. The topological polar surface area (TPSA) is 58.9 Å². The van der Waals surface area contributed by atoms with E-state index in [0.29, 0.717) is 5.82 Å². The Balaban J connectivity index is 2.40. The number of pyridine rings is 1. The summed E-state index contributed by atoms with van der Waals surface area (Å²) in [7, 11) is 0. The highest BCUT2D eigenvalue weighted by Gasteiger charge is 2.22. The predicted molar refractivity (Wildman–Crippen MR) is 59.8 cm³/mol. The van der Waals surface area contributed by atoms with Crippen LogP contribution in [0.3, 0.4) is 0 Å². The first kappa shape index (κ1) is 10.7. The van der Waals surface area contributed by atoms with Gasteiger partial charge in [-0.2, -0.15) is 0 Å². The molecule has 0 amide bonds. The fraction of sp³-hybridized carbons (Fsp3) is 0.250. The van der Waals surface area contributed by atoms with Crippen molar-refractivity contribution in [1.82, 2.24) is 15.0 Å². The molecular formula is C12H13N3O. The van der Waals surface area contributed by atoms with E-state index >= 15 is 0 Å². The van der Waals surface area contributed by atoms with Gasteiger partial charge in [0.15, 0.2) is 0 Å². The van der Waals surface area contributed by atoms with Crippen molar-refractivity contribution < 1.29 is 5.11 Å². The lowest BCUT2D eigenvalue weighted by Gasteiger charge is -2.17. The van der Waals surface area contributed by atoms with Crippen molar-refractivity contribution in [2.75, 3.05) is 0 Å². The van der Waals surface area contributed by atoms with Gasteiger partial charge in [0, 0.05) is 18.6 Å². The van der Waals surface area contributed by atoms with Crippen LogP contribution in [0.25, 0.3) is 0 Å². The number of aromatic nitrogens is 3. The van der Waals surface area contributed by atoms with Crippen LogP contribution in [0.1, 0.15) is 24.4 Å². The fourth-order valence-electron chi connectivity index (χ4n) is 1.63. The zero-order valence-corrected chi connectivity index (χ0v) is 8.99. The average molecular weight is 215 g/mol. The molecule has 2 unspecified atom stereocenters. The summed E-state index contributed by atoms with van der Waals surface area (Å²) in [5, 5.41) is 9.80. The average Bonchev–Trinajstić information content (AvgIpc) is 2.31. The van der Waals surface area contributed by atoms with Gasteiger partial charge in [0.25, 0.3) is 0 Å². The van der Waals surface area contributed by atoms with E-state index < -0.39 is 6.10 Å². The van der Waals surface area contributed by atoms with Crippen molar-refractivity contribution in [3.8, 4) is 0 Å². The third-order valence-corrected chi connectivity index (χ3v) is 2.35. The molecule has 4 heteroatoms. The molecule has 0 spiro atoms. The van der Waals surface area contributed by atoms with Gasteiger partial charge >= 0.3 is 0 Å². The highest BCUT2D eigenvalue weighted by atomic mass is 16.3. The van der Waals surface area contributed by atoms with Gasteiger partial charge in [-0.15, -0.1) is 0 Å². The predicted octanol–water partition coefficient (Wildman–Crippen LogP) is 1.38. The summed E-state index contributed by atoms with van der Waals surface area (Å²) < 4.78 is 0. The van der Waals surface area contributed by atoms with Crippen LogP contribution in [0.5, 0.6) is 0 Å². The summed E-state index contributed by atoms with van der Waals surface area (Å²) in [5.74, 6) is 0.318. The minimum Gasteiger partial charge on any atom is -0.392 e. The maximum absolute atomic E-state index is 9.80. The second-order valence-electron chi connectivity index (χ2n) is 3.58. The van der Waals surface area contributed by atoms with Crippen LogP contribution in [-0.4, -0.2) is 26.2 Å². The summed E-state index contributed by atoms with van der Waals surface area (Å²) in [6.07, 6.45) is 4.46. The zero-order valence-electron chi connectivity index (χ0n) is 8.99. The Kier molecular flexibility index (Phi) is 3.22. The summed E-state index contributed by atoms with van der Waals surface area (Å²) >= 11 is 0. The van der Waals surface area contributed by atoms with Crippen molar-refractivity contribution in [2.24, 2.45) is 0 Å². The number of aliphatic hydroxyl groups is 1. The molecule has 82 valence electrons. The smallest absolute Gasteiger partial charge is 0.139 e. The Morgan fingerprint density at radius 3 is 2.25 bits per heavy atom. The van der Waals surface area contributed by atoms with Crippen molar-refractivity contribution >= 4 is 0 Å². The Bertz CT molecular complexity index is 391. The first-order valence-electron chi connectivity index (χ1n) is 5.15. The minimum atomic E-state index is -0.572. The first-order valence-corrected chi connectivity index (χ1v) is 5.15. The molecule has 2 rings (SSSR count). The lowest BCUT2D eigenvalue weighted by Crippen LogP contribution is -2.19. The summed E-state index contributed by atoms with van der Waals surface area (Å²) in [6, 6.07) is 7.35. The number of aliphatic hydroxyl groups excluding tert-OH is 1. The van der Waals surface area contributed by atoms with Crippen molar-refractivity contribution in [3.63, 3.8) is 0 Å². The number of rotatable bonds is 3. The van der Waals surface area contributed by atoms with E-state index in [1.807, 2.05) is 18.2 Å². The van der Waals surface area contributed by atoms with Crippen LogP contribution in [0.2, 0.25) is 0 Å². The first-order chi connectivity index (χ1) is 7.79. The van der Waals surface area contributed by atoms with Gasteiger partial charge in [-0.05, 0) is 25.1 Å². The van der Waals surface area contributed by atoms with E-state index in [1.54, 1.807) is 31.6 Å². The molecule has 0 saturated heterocycles. The molecule has 0 aromatic carbocycles. The second-order valence-corrected chi connectivity index (χ2v) is 3.58.